The largest absolute Gasteiger partial charge is 0.494 e. The standard InChI is InChI=1S/C25H21F2N5O4/c26-19-4-1-3-18(24(19)27)25-29-21-12-28-32(14-22(21)30-25)13-17-11-20(31-36-17)15-6-8-16(9-7-15)35-10-2-5-23(33)34/h1,3-4,6-9,11-12H,2,5,10,13-14H2,(H,29,30)(H,33,34). The van der Waals surface area contributed by atoms with E-state index in [1.54, 1.807) is 23.4 Å². The number of hydrazone groups is 1. The molecule has 9 nitrogen and oxygen atoms in total. The molecule has 0 atom stereocenters. The Labute approximate surface area is 204 Å². The number of fused-ring (bicyclic) bond motifs is 1. The highest BCUT2D eigenvalue weighted by Gasteiger charge is 2.21. The number of carboxylic acid groups (broad SMARTS) is 1. The fraction of sp³-hybridized carbons (Fsp3) is 0.200. The molecule has 0 saturated carbocycles. The van der Waals surface area contributed by atoms with Gasteiger partial charge in [0.25, 0.3) is 0 Å². The molecule has 4 aromatic rings. The predicted octanol–water partition coefficient (Wildman–Crippen LogP) is 4.60. The number of imidazole rings is 1. The van der Waals surface area contributed by atoms with Crippen LogP contribution in [0.5, 0.6) is 5.75 Å². The molecule has 2 aromatic carbocycles. The zero-order valence-electron chi connectivity index (χ0n) is 18.9. The van der Waals surface area contributed by atoms with Crippen LogP contribution < -0.4 is 4.74 Å². The van der Waals surface area contributed by atoms with Crippen LogP contribution in [0.2, 0.25) is 0 Å². The van der Waals surface area contributed by atoms with E-state index in [-0.39, 0.29) is 17.8 Å². The van der Waals surface area contributed by atoms with E-state index in [1.165, 1.54) is 12.1 Å². The summed E-state index contributed by atoms with van der Waals surface area (Å²) in [6, 6.07) is 13.0. The monoisotopic (exact) mass is 493 g/mol. The van der Waals surface area contributed by atoms with Crippen molar-refractivity contribution in [2.75, 3.05) is 6.61 Å². The molecule has 0 amide bonds. The Balaban J connectivity index is 1.20. The average molecular weight is 493 g/mol. The highest BCUT2D eigenvalue weighted by Crippen LogP contribution is 2.26. The summed E-state index contributed by atoms with van der Waals surface area (Å²) in [6.45, 7) is 1.01. The van der Waals surface area contributed by atoms with Crippen molar-refractivity contribution in [3.05, 3.63) is 77.3 Å². The lowest BCUT2D eigenvalue weighted by Crippen LogP contribution is -2.21. The third-order valence-electron chi connectivity index (χ3n) is 5.55. The van der Waals surface area contributed by atoms with E-state index in [1.807, 2.05) is 18.2 Å². The number of carbonyl (C=O) groups is 1. The Bertz CT molecular complexity index is 1410. The molecule has 0 spiro atoms. The molecule has 0 fully saturated rings. The molecular weight excluding hydrogens is 472 g/mol. The van der Waals surface area contributed by atoms with Crippen LogP contribution in [0.4, 0.5) is 8.78 Å². The molecule has 3 heterocycles. The molecule has 1 aliphatic rings. The molecule has 0 bridgehead atoms. The smallest absolute Gasteiger partial charge is 0.303 e. The number of nitrogens with zero attached hydrogens (tertiary/aromatic N) is 4. The zero-order chi connectivity index (χ0) is 25.1. The van der Waals surface area contributed by atoms with Crippen LogP contribution in [0.25, 0.3) is 22.6 Å². The SMILES string of the molecule is O=C(O)CCCOc1ccc(-c2cc(CN3Cc4nc(-c5cccc(F)c5F)[nH]c4C=N3)on2)cc1. The number of benzene rings is 2. The van der Waals surface area contributed by atoms with Crippen molar-refractivity contribution < 1.29 is 27.9 Å². The maximum Gasteiger partial charge on any atom is 0.303 e. The highest BCUT2D eigenvalue weighted by molar-refractivity contribution is 5.80. The maximum absolute atomic E-state index is 14.2. The van der Waals surface area contributed by atoms with Gasteiger partial charge in [-0.1, -0.05) is 11.2 Å². The van der Waals surface area contributed by atoms with Crippen molar-refractivity contribution in [1.82, 2.24) is 20.1 Å². The fourth-order valence-electron chi connectivity index (χ4n) is 3.75. The van der Waals surface area contributed by atoms with Crippen LogP contribution in [0, 0.1) is 11.6 Å². The van der Waals surface area contributed by atoms with Crippen molar-refractivity contribution in [2.45, 2.75) is 25.9 Å². The van der Waals surface area contributed by atoms with E-state index < -0.39 is 17.6 Å². The number of ether oxygens (including phenoxy) is 1. The summed E-state index contributed by atoms with van der Waals surface area (Å²) in [5.41, 5.74) is 2.82. The van der Waals surface area contributed by atoms with Crippen LogP contribution >= 0.6 is 0 Å². The molecule has 1 aliphatic heterocycles. The summed E-state index contributed by atoms with van der Waals surface area (Å²) in [6.07, 6.45) is 2.08. The van der Waals surface area contributed by atoms with E-state index in [0.717, 1.165) is 11.6 Å². The lowest BCUT2D eigenvalue weighted by Gasteiger charge is -2.19. The fourth-order valence-corrected chi connectivity index (χ4v) is 3.75. The third-order valence-corrected chi connectivity index (χ3v) is 5.55. The first kappa shape index (κ1) is 23.2. The molecular formula is C25H21F2N5O4. The Morgan fingerprint density at radius 1 is 1.19 bits per heavy atom. The minimum Gasteiger partial charge on any atom is -0.494 e. The summed E-state index contributed by atoms with van der Waals surface area (Å²) < 4.78 is 38.8. The quantitative estimate of drug-likeness (QED) is 0.327. The van der Waals surface area contributed by atoms with Crippen molar-refractivity contribution >= 4 is 12.2 Å². The average Bonchev–Trinajstić information content (AvgIpc) is 3.51. The first-order valence-electron chi connectivity index (χ1n) is 11.2. The van der Waals surface area contributed by atoms with Gasteiger partial charge in [-0.25, -0.2) is 13.8 Å². The molecule has 5 rings (SSSR count). The van der Waals surface area contributed by atoms with Crippen LogP contribution in [-0.4, -0.2) is 44.0 Å². The zero-order valence-corrected chi connectivity index (χ0v) is 18.9. The van der Waals surface area contributed by atoms with Gasteiger partial charge in [0.05, 0.1) is 42.9 Å². The topological polar surface area (TPSA) is 117 Å². The van der Waals surface area contributed by atoms with Gasteiger partial charge in [-0.15, -0.1) is 0 Å². The van der Waals surface area contributed by atoms with E-state index in [2.05, 4.69) is 20.2 Å². The molecule has 0 unspecified atom stereocenters. The van der Waals surface area contributed by atoms with Gasteiger partial charge >= 0.3 is 5.97 Å². The molecule has 184 valence electrons. The molecule has 0 radical (unpaired) electrons. The normalized spacial score (nSPS) is 12.6. The Morgan fingerprint density at radius 2 is 2.03 bits per heavy atom. The van der Waals surface area contributed by atoms with Crippen LogP contribution in [0.15, 0.2) is 58.2 Å². The van der Waals surface area contributed by atoms with Crippen molar-refractivity contribution in [2.24, 2.45) is 5.10 Å². The molecule has 2 aromatic heterocycles. The minimum atomic E-state index is -0.954. The number of aromatic nitrogens is 3. The summed E-state index contributed by atoms with van der Waals surface area (Å²) in [5, 5.41) is 18.9. The van der Waals surface area contributed by atoms with Crippen molar-refractivity contribution in [3.63, 3.8) is 0 Å². The second-order valence-corrected chi connectivity index (χ2v) is 8.16. The number of halogens is 2. The van der Waals surface area contributed by atoms with E-state index in [9.17, 15) is 13.6 Å². The number of rotatable bonds is 9. The van der Waals surface area contributed by atoms with E-state index >= 15 is 0 Å². The van der Waals surface area contributed by atoms with Gasteiger partial charge in [0.15, 0.2) is 17.4 Å². The summed E-state index contributed by atoms with van der Waals surface area (Å²) in [5.74, 6) is -1.27. The van der Waals surface area contributed by atoms with Gasteiger partial charge in [0.2, 0.25) is 0 Å². The minimum absolute atomic E-state index is 0.0564. The van der Waals surface area contributed by atoms with Crippen LogP contribution in [-0.2, 0) is 17.9 Å². The van der Waals surface area contributed by atoms with Crippen molar-refractivity contribution in [3.8, 4) is 28.4 Å². The second kappa shape index (κ2) is 9.98. The van der Waals surface area contributed by atoms with Gasteiger partial charge in [-0.05, 0) is 42.8 Å². The van der Waals surface area contributed by atoms with E-state index in [4.69, 9.17) is 14.4 Å². The number of hydrogen-bond acceptors (Lipinski definition) is 7. The number of H-pyrrole nitrogens is 1. The Morgan fingerprint density at radius 3 is 2.83 bits per heavy atom. The summed E-state index contributed by atoms with van der Waals surface area (Å²) >= 11 is 0. The Hall–Kier alpha value is -4.54. The van der Waals surface area contributed by atoms with Crippen LogP contribution in [0.3, 0.4) is 0 Å². The number of nitrogens with one attached hydrogen (secondary N) is 1. The highest BCUT2D eigenvalue weighted by atomic mass is 19.2. The van der Waals surface area contributed by atoms with Gasteiger partial charge in [-0.3, -0.25) is 9.80 Å². The summed E-state index contributed by atoms with van der Waals surface area (Å²) in [4.78, 5) is 18.0. The number of hydrogen-bond donors (Lipinski definition) is 2. The first-order chi connectivity index (χ1) is 17.5. The van der Waals surface area contributed by atoms with Gasteiger partial charge in [-0.2, -0.15) is 5.10 Å². The number of aliphatic carboxylic acids is 1. The molecule has 0 saturated heterocycles. The van der Waals surface area contributed by atoms with Crippen molar-refractivity contribution in [1.29, 1.82) is 0 Å². The predicted molar refractivity (Wildman–Crippen MR) is 125 cm³/mol. The lowest BCUT2D eigenvalue weighted by atomic mass is 10.1. The summed E-state index contributed by atoms with van der Waals surface area (Å²) in [7, 11) is 0. The molecule has 11 heteroatoms. The molecule has 2 N–H and O–H groups in total. The molecule has 0 aliphatic carbocycles. The van der Waals surface area contributed by atoms with E-state index in [0.29, 0.717) is 54.7 Å². The number of carboxylic acids is 1. The van der Waals surface area contributed by atoms with Crippen LogP contribution in [0.1, 0.15) is 30.0 Å². The number of aromatic amines is 1. The Kier molecular flexibility index (Phi) is 6.44. The second-order valence-electron chi connectivity index (χ2n) is 8.16. The maximum atomic E-state index is 14.2. The third kappa shape index (κ3) is 5.09. The van der Waals surface area contributed by atoms with Gasteiger partial charge < -0.3 is 19.4 Å². The lowest BCUT2D eigenvalue weighted by molar-refractivity contribution is -0.137. The first-order valence-corrected chi connectivity index (χ1v) is 11.2. The van der Waals surface area contributed by atoms with Gasteiger partial charge in [0.1, 0.15) is 17.3 Å². The van der Waals surface area contributed by atoms with Gasteiger partial charge in [0, 0.05) is 18.1 Å². The molecule has 36 heavy (non-hydrogen) atoms.